The van der Waals surface area contributed by atoms with E-state index in [0.717, 1.165) is 5.56 Å². The number of nitriles is 1. The summed E-state index contributed by atoms with van der Waals surface area (Å²) in [4.78, 5) is 40.1. The van der Waals surface area contributed by atoms with Gasteiger partial charge in [0, 0.05) is 42.8 Å². The molecule has 9 nitrogen and oxygen atoms in total. The molecule has 1 saturated heterocycles. The number of nitrogens with two attached hydrogens (primary N) is 1. The van der Waals surface area contributed by atoms with E-state index in [1.807, 2.05) is 32.6 Å². The lowest BCUT2D eigenvalue weighted by Crippen LogP contribution is -2.54. The smallest absolute Gasteiger partial charge is 0.276 e. The minimum absolute atomic E-state index is 0.0188. The van der Waals surface area contributed by atoms with Crippen molar-refractivity contribution in [1.82, 2.24) is 19.4 Å². The Hall–Kier alpha value is -3.52. The molecule has 1 atom stereocenters. The van der Waals surface area contributed by atoms with Gasteiger partial charge < -0.3 is 15.5 Å². The standard InChI is InChI=1S/C32H28Cl5N7O2/c1-6-20(45)43-10-9-42(13-16(43)5)30-17-11-19(33)28(21-22(34)24(36)25(37)26(39)23(21)35)41-31(17)44(32(46)18(30)12-38)29-15(4)7-8-40-27(29)14(2)3/h6-8,11,14,16H,1,9-10,13,39H2,2-5H3/t16-/m1/s1. The molecule has 1 amide bonds. The molecule has 0 unspecified atom stereocenters. The van der Waals surface area contributed by atoms with Crippen LogP contribution in [0, 0.1) is 18.3 Å². The molecule has 0 aliphatic carbocycles. The Kier molecular flexibility index (Phi) is 9.52. The van der Waals surface area contributed by atoms with Gasteiger partial charge in [-0.15, -0.1) is 0 Å². The van der Waals surface area contributed by atoms with Crippen molar-refractivity contribution in [2.24, 2.45) is 0 Å². The second-order valence-corrected chi connectivity index (χ2v) is 13.2. The molecule has 46 heavy (non-hydrogen) atoms. The number of piperazine rings is 1. The second kappa shape index (κ2) is 12.9. The minimum Gasteiger partial charge on any atom is -0.396 e. The van der Waals surface area contributed by atoms with E-state index in [4.69, 9.17) is 68.7 Å². The van der Waals surface area contributed by atoms with Crippen molar-refractivity contribution < 1.29 is 4.79 Å². The lowest BCUT2D eigenvalue weighted by Gasteiger charge is -2.41. The Balaban J connectivity index is 1.94. The topological polar surface area (TPSA) is 121 Å². The molecule has 1 aliphatic heterocycles. The van der Waals surface area contributed by atoms with Crippen LogP contribution >= 0.6 is 58.0 Å². The van der Waals surface area contributed by atoms with E-state index in [9.17, 15) is 14.9 Å². The van der Waals surface area contributed by atoms with E-state index in [2.05, 4.69) is 17.6 Å². The Labute approximate surface area is 290 Å². The summed E-state index contributed by atoms with van der Waals surface area (Å²) in [6.45, 7) is 12.3. The first-order chi connectivity index (χ1) is 21.7. The fourth-order valence-corrected chi connectivity index (χ4v) is 7.16. The summed E-state index contributed by atoms with van der Waals surface area (Å²) >= 11 is 32.9. The van der Waals surface area contributed by atoms with E-state index >= 15 is 0 Å². The number of benzene rings is 1. The molecule has 238 valence electrons. The average molecular weight is 720 g/mol. The van der Waals surface area contributed by atoms with E-state index < -0.39 is 5.56 Å². The number of fused-ring (bicyclic) bond motifs is 1. The summed E-state index contributed by atoms with van der Waals surface area (Å²) in [6.07, 6.45) is 2.93. The predicted octanol–water partition coefficient (Wildman–Crippen LogP) is 7.82. The zero-order chi connectivity index (χ0) is 33.8. The molecule has 4 aromatic rings. The van der Waals surface area contributed by atoms with Crippen molar-refractivity contribution >= 4 is 86.3 Å². The SMILES string of the molecule is C=CC(=O)N1CCN(c2c(C#N)c(=O)n(-c3c(C)ccnc3C(C)C)c3nc(-c4c(Cl)c(N)c(Cl)c(Cl)c4Cl)c(Cl)cc23)C[C@H]1C. The number of aryl methyl sites for hydroxylation is 1. The number of amides is 1. The van der Waals surface area contributed by atoms with Gasteiger partial charge in [-0.3, -0.25) is 19.1 Å². The maximum atomic E-state index is 14.5. The summed E-state index contributed by atoms with van der Waals surface area (Å²) < 4.78 is 1.39. The van der Waals surface area contributed by atoms with Crippen LogP contribution < -0.4 is 16.2 Å². The molecule has 0 bridgehead atoms. The molecule has 0 radical (unpaired) electrons. The van der Waals surface area contributed by atoms with E-state index in [0.29, 0.717) is 42.1 Å². The summed E-state index contributed by atoms with van der Waals surface area (Å²) in [5.41, 5.74) is 8.02. The maximum Gasteiger partial charge on any atom is 0.276 e. The third-order valence-electron chi connectivity index (χ3n) is 8.05. The second-order valence-electron chi connectivity index (χ2n) is 11.3. The highest BCUT2D eigenvalue weighted by Gasteiger charge is 2.33. The van der Waals surface area contributed by atoms with Gasteiger partial charge in [0.05, 0.1) is 53.6 Å². The van der Waals surface area contributed by atoms with Crippen molar-refractivity contribution in [2.45, 2.75) is 39.7 Å². The van der Waals surface area contributed by atoms with Crippen molar-refractivity contribution in [3.63, 3.8) is 0 Å². The van der Waals surface area contributed by atoms with Crippen LogP contribution in [0.25, 0.3) is 28.0 Å². The summed E-state index contributed by atoms with van der Waals surface area (Å²) in [5, 5.41) is 10.9. The van der Waals surface area contributed by atoms with Gasteiger partial charge in [0.2, 0.25) is 5.91 Å². The number of nitrogen functional groups attached to an aromatic ring is 1. The van der Waals surface area contributed by atoms with Crippen LogP contribution in [-0.2, 0) is 4.79 Å². The maximum absolute atomic E-state index is 14.5. The molecule has 0 saturated carbocycles. The third kappa shape index (κ3) is 5.46. The van der Waals surface area contributed by atoms with Crippen LogP contribution in [0.4, 0.5) is 11.4 Å². The van der Waals surface area contributed by atoms with Gasteiger partial charge in [0.25, 0.3) is 5.56 Å². The fraction of sp³-hybridized carbons (Fsp3) is 0.281. The molecule has 14 heteroatoms. The van der Waals surface area contributed by atoms with Gasteiger partial charge >= 0.3 is 0 Å². The molecule has 1 fully saturated rings. The van der Waals surface area contributed by atoms with Crippen molar-refractivity contribution in [3.8, 4) is 23.0 Å². The van der Waals surface area contributed by atoms with Crippen molar-refractivity contribution in [3.05, 3.63) is 83.3 Å². The first-order valence-corrected chi connectivity index (χ1v) is 16.1. The zero-order valence-electron chi connectivity index (χ0n) is 25.3. The summed E-state index contributed by atoms with van der Waals surface area (Å²) in [5.74, 6) is -0.297. The third-order valence-corrected chi connectivity index (χ3v) is 10.1. The highest BCUT2D eigenvalue weighted by Crippen LogP contribution is 2.49. The number of hydrogen-bond acceptors (Lipinski definition) is 7. The zero-order valence-corrected chi connectivity index (χ0v) is 29.0. The molecule has 4 heterocycles. The summed E-state index contributed by atoms with van der Waals surface area (Å²) in [6, 6.07) is 5.28. The van der Waals surface area contributed by atoms with E-state index in [1.165, 1.54) is 10.6 Å². The van der Waals surface area contributed by atoms with E-state index in [1.54, 1.807) is 23.2 Å². The molecule has 3 aromatic heterocycles. The number of carbonyl (C=O) groups excluding carboxylic acids is 1. The monoisotopic (exact) mass is 717 g/mol. The Morgan fingerprint density at radius 2 is 1.83 bits per heavy atom. The Morgan fingerprint density at radius 3 is 2.43 bits per heavy atom. The normalized spacial score (nSPS) is 15.0. The van der Waals surface area contributed by atoms with Crippen LogP contribution in [0.5, 0.6) is 0 Å². The number of halogens is 5. The van der Waals surface area contributed by atoms with E-state index in [-0.39, 0.29) is 71.1 Å². The average Bonchev–Trinajstić information content (AvgIpc) is 3.02. The highest BCUT2D eigenvalue weighted by atomic mass is 35.5. The van der Waals surface area contributed by atoms with Crippen molar-refractivity contribution in [1.29, 1.82) is 5.26 Å². The summed E-state index contributed by atoms with van der Waals surface area (Å²) in [7, 11) is 0. The number of pyridine rings is 3. The predicted molar refractivity (Wildman–Crippen MR) is 187 cm³/mol. The minimum atomic E-state index is -0.605. The van der Waals surface area contributed by atoms with Crippen LogP contribution in [0.2, 0.25) is 25.1 Å². The Bertz CT molecular complexity index is 2030. The molecule has 2 N–H and O–H groups in total. The molecule has 0 spiro atoms. The molecular formula is C32H28Cl5N7O2. The van der Waals surface area contributed by atoms with Crippen LogP contribution in [0.15, 0.2) is 35.8 Å². The number of anilines is 2. The molecular weight excluding hydrogens is 692 g/mol. The Morgan fingerprint density at radius 1 is 1.13 bits per heavy atom. The van der Waals surface area contributed by atoms with Crippen LogP contribution in [-0.4, -0.2) is 51.0 Å². The fourth-order valence-electron chi connectivity index (χ4n) is 5.83. The number of hydrogen-bond donors (Lipinski definition) is 1. The molecule has 5 rings (SSSR count). The first kappa shape index (κ1) is 33.8. The van der Waals surface area contributed by atoms with Gasteiger partial charge in [-0.25, -0.2) is 4.98 Å². The first-order valence-electron chi connectivity index (χ1n) is 14.2. The lowest BCUT2D eigenvalue weighted by atomic mass is 10.0. The number of carbonyl (C=O) groups is 1. The quantitative estimate of drug-likeness (QED) is 0.0966. The molecule has 1 aliphatic rings. The van der Waals surface area contributed by atoms with Gasteiger partial charge in [-0.1, -0.05) is 78.4 Å². The van der Waals surface area contributed by atoms with Gasteiger partial charge in [-0.2, -0.15) is 5.26 Å². The number of aromatic nitrogens is 3. The van der Waals surface area contributed by atoms with Gasteiger partial charge in [0.1, 0.15) is 17.3 Å². The van der Waals surface area contributed by atoms with Gasteiger partial charge in [-0.05, 0) is 43.5 Å². The number of rotatable bonds is 5. The largest absolute Gasteiger partial charge is 0.396 e. The number of nitrogens with zero attached hydrogens (tertiary/aromatic N) is 6. The lowest BCUT2D eigenvalue weighted by molar-refractivity contribution is -0.128. The highest BCUT2D eigenvalue weighted by molar-refractivity contribution is 6.53. The van der Waals surface area contributed by atoms with Gasteiger partial charge in [0.15, 0.2) is 0 Å². The van der Waals surface area contributed by atoms with Crippen LogP contribution in [0.3, 0.4) is 0 Å². The molecule has 1 aromatic carbocycles. The van der Waals surface area contributed by atoms with Crippen molar-refractivity contribution in [2.75, 3.05) is 30.3 Å². The van der Waals surface area contributed by atoms with Crippen LogP contribution in [0.1, 0.15) is 43.5 Å².